The molecule has 1 unspecified atom stereocenters. The van der Waals surface area contributed by atoms with Gasteiger partial charge in [-0.2, -0.15) is 11.3 Å². The molecule has 1 saturated carbocycles. The summed E-state index contributed by atoms with van der Waals surface area (Å²) in [5, 5.41) is 9.26. The van der Waals surface area contributed by atoms with Crippen molar-refractivity contribution < 1.29 is 19.1 Å². The fourth-order valence-corrected chi connectivity index (χ4v) is 3.26. The summed E-state index contributed by atoms with van der Waals surface area (Å²) in [7, 11) is 0. The summed E-state index contributed by atoms with van der Waals surface area (Å²) in [6, 6.07) is 1.96. The van der Waals surface area contributed by atoms with Gasteiger partial charge < -0.3 is 15.4 Å². The van der Waals surface area contributed by atoms with E-state index in [9.17, 15) is 14.4 Å². The predicted molar refractivity (Wildman–Crippen MR) is 91.8 cm³/mol. The molecular weight excluding hydrogens is 328 g/mol. The van der Waals surface area contributed by atoms with E-state index in [1.807, 2.05) is 5.38 Å². The second-order valence-electron chi connectivity index (χ2n) is 5.99. The van der Waals surface area contributed by atoms with Gasteiger partial charge >= 0.3 is 5.97 Å². The van der Waals surface area contributed by atoms with Gasteiger partial charge in [0.05, 0.1) is 0 Å². The van der Waals surface area contributed by atoms with Gasteiger partial charge in [-0.15, -0.1) is 0 Å². The van der Waals surface area contributed by atoms with Crippen LogP contribution in [0.3, 0.4) is 0 Å². The molecule has 1 heterocycles. The van der Waals surface area contributed by atoms with Crippen molar-refractivity contribution in [1.82, 2.24) is 10.6 Å². The molecule has 0 spiro atoms. The molecule has 2 amide bonds. The largest absolute Gasteiger partial charge is 0.453 e. The molecule has 0 bridgehead atoms. The molecule has 0 aromatic carbocycles. The monoisotopic (exact) mass is 352 g/mol. The maximum absolute atomic E-state index is 11.9. The zero-order valence-electron chi connectivity index (χ0n) is 13.9. The first-order chi connectivity index (χ1) is 11.6. The van der Waals surface area contributed by atoms with Gasteiger partial charge in [-0.1, -0.05) is 12.8 Å². The summed E-state index contributed by atoms with van der Waals surface area (Å²) < 4.78 is 5.14. The Labute approximate surface area is 146 Å². The van der Waals surface area contributed by atoms with E-state index in [1.54, 1.807) is 18.4 Å². The van der Waals surface area contributed by atoms with E-state index in [0.29, 0.717) is 18.5 Å². The van der Waals surface area contributed by atoms with Crippen LogP contribution in [0.4, 0.5) is 0 Å². The molecule has 1 aliphatic rings. The second kappa shape index (κ2) is 9.42. The van der Waals surface area contributed by atoms with Gasteiger partial charge in [0.1, 0.15) is 0 Å². The van der Waals surface area contributed by atoms with Crippen molar-refractivity contribution in [1.29, 1.82) is 0 Å². The van der Waals surface area contributed by atoms with Crippen LogP contribution in [-0.2, 0) is 14.3 Å². The van der Waals surface area contributed by atoms with Crippen LogP contribution in [-0.4, -0.2) is 36.5 Å². The zero-order valence-corrected chi connectivity index (χ0v) is 14.7. The first-order valence-corrected chi connectivity index (χ1v) is 9.31. The summed E-state index contributed by atoms with van der Waals surface area (Å²) in [5.41, 5.74) is 0.625. The first-order valence-electron chi connectivity index (χ1n) is 8.36. The molecule has 2 N–H and O–H groups in total. The Hall–Kier alpha value is -1.89. The normalized spacial score (nSPS) is 15.7. The quantitative estimate of drug-likeness (QED) is 0.555. The Balaban J connectivity index is 1.58. The van der Waals surface area contributed by atoms with Crippen LogP contribution in [0.15, 0.2) is 16.8 Å². The van der Waals surface area contributed by atoms with E-state index in [-0.39, 0.29) is 24.3 Å². The van der Waals surface area contributed by atoms with Crippen molar-refractivity contribution in [2.24, 2.45) is 0 Å². The molecule has 132 valence electrons. The third kappa shape index (κ3) is 5.96. The highest BCUT2D eigenvalue weighted by molar-refractivity contribution is 7.08. The van der Waals surface area contributed by atoms with Crippen molar-refractivity contribution in [3.8, 4) is 0 Å². The highest BCUT2D eigenvalue weighted by atomic mass is 32.1. The van der Waals surface area contributed by atoms with Crippen LogP contribution < -0.4 is 10.6 Å². The molecule has 1 aromatic heterocycles. The molecule has 6 nitrogen and oxygen atoms in total. The Morgan fingerprint density at radius 2 is 2.08 bits per heavy atom. The lowest BCUT2D eigenvalue weighted by Gasteiger charge is -2.17. The van der Waals surface area contributed by atoms with Crippen LogP contribution in [0.1, 0.15) is 55.8 Å². The molecule has 0 aliphatic heterocycles. The maximum atomic E-state index is 11.9. The molecule has 0 radical (unpaired) electrons. The highest BCUT2D eigenvalue weighted by Crippen LogP contribution is 2.17. The van der Waals surface area contributed by atoms with E-state index < -0.39 is 12.1 Å². The van der Waals surface area contributed by atoms with Crippen molar-refractivity contribution in [2.45, 2.75) is 57.6 Å². The molecule has 24 heavy (non-hydrogen) atoms. The van der Waals surface area contributed by atoms with E-state index >= 15 is 0 Å². The van der Waals surface area contributed by atoms with Gasteiger partial charge in [-0.3, -0.25) is 14.4 Å². The maximum Gasteiger partial charge on any atom is 0.306 e. The Kier molecular flexibility index (Phi) is 7.24. The molecular formula is C17H24N2O4S. The first kappa shape index (κ1) is 18.4. The second-order valence-corrected chi connectivity index (χ2v) is 6.77. The number of ether oxygens (including phenoxy) is 1. The number of hydrogen-bond donors (Lipinski definition) is 2. The molecule has 1 fully saturated rings. The summed E-state index contributed by atoms with van der Waals surface area (Å²) in [4.78, 5) is 35.4. The summed E-state index contributed by atoms with van der Waals surface area (Å²) in [5.74, 6) is -0.802. The van der Waals surface area contributed by atoms with E-state index in [0.717, 1.165) is 25.7 Å². The fourth-order valence-electron chi connectivity index (χ4n) is 2.63. The number of hydrogen-bond acceptors (Lipinski definition) is 5. The minimum atomic E-state index is -0.779. The smallest absolute Gasteiger partial charge is 0.306 e. The number of thiophene rings is 1. The SMILES string of the molecule is CC(OC(=O)CCCNC(=O)c1ccsc1)C(=O)NC1CCCC1. The van der Waals surface area contributed by atoms with Crippen molar-refractivity contribution >= 4 is 29.1 Å². The number of carbonyl (C=O) groups excluding carboxylic acids is 3. The van der Waals surface area contributed by atoms with E-state index in [2.05, 4.69) is 10.6 Å². The zero-order chi connectivity index (χ0) is 17.4. The van der Waals surface area contributed by atoms with Crippen LogP contribution in [0.25, 0.3) is 0 Å². The standard InChI is InChI=1S/C17H24N2O4S/c1-12(16(21)19-14-5-2-3-6-14)23-15(20)7-4-9-18-17(22)13-8-10-24-11-13/h8,10-12,14H,2-7,9H2,1H3,(H,18,22)(H,19,21). The van der Waals surface area contributed by atoms with Gasteiger partial charge in [0, 0.05) is 30.0 Å². The molecule has 1 aromatic rings. The molecule has 1 atom stereocenters. The van der Waals surface area contributed by atoms with Gasteiger partial charge in [0.2, 0.25) is 0 Å². The molecule has 7 heteroatoms. The topological polar surface area (TPSA) is 84.5 Å². The average molecular weight is 352 g/mol. The van der Waals surface area contributed by atoms with Crippen molar-refractivity contribution in [2.75, 3.05) is 6.54 Å². The van der Waals surface area contributed by atoms with Crippen LogP contribution in [0.2, 0.25) is 0 Å². The minimum Gasteiger partial charge on any atom is -0.453 e. The summed E-state index contributed by atoms with van der Waals surface area (Å²) in [6.45, 7) is 1.98. The van der Waals surface area contributed by atoms with Crippen LogP contribution >= 0.6 is 11.3 Å². The van der Waals surface area contributed by atoms with Crippen molar-refractivity contribution in [3.05, 3.63) is 22.4 Å². The number of nitrogens with one attached hydrogen (secondary N) is 2. The lowest BCUT2D eigenvalue weighted by Crippen LogP contribution is -2.40. The van der Waals surface area contributed by atoms with Gasteiger partial charge in [0.15, 0.2) is 6.10 Å². The Morgan fingerprint density at radius 1 is 1.33 bits per heavy atom. The number of carbonyl (C=O) groups is 3. The number of rotatable bonds is 8. The van der Waals surface area contributed by atoms with Gasteiger partial charge in [-0.05, 0) is 37.6 Å². The molecule has 2 rings (SSSR count). The predicted octanol–water partition coefficient (Wildman–Crippen LogP) is 2.25. The number of esters is 1. The van der Waals surface area contributed by atoms with E-state index in [4.69, 9.17) is 4.74 Å². The third-order valence-corrected chi connectivity index (χ3v) is 4.69. The summed E-state index contributed by atoms with van der Waals surface area (Å²) in [6.07, 6.45) is 4.13. The molecule has 1 aliphatic carbocycles. The van der Waals surface area contributed by atoms with Crippen LogP contribution in [0.5, 0.6) is 0 Å². The lowest BCUT2D eigenvalue weighted by atomic mass is 10.2. The summed E-state index contributed by atoms with van der Waals surface area (Å²) >= 11 is 1.46. The van der Waals surface area contributed by atoms with E-state index in [1.165, 1.54) is 11.3 Å². The van der Waals surface area contributed by atoms with Crippen molar-refractivity contribution in [3.63, 3.8) is 0 Å². The Bertz CT molecular complexity index is 553. The fraction of sp³-hybridized carbons (Fsp3) is 0.588. The molecule has 0 saturated heterocycles. The highest BCUT2D eigenvalue weighted by Gasteiger charge is 2.22. The average Bonchev–Trinajstić information content (AvgIpc) is 3.24. The minimum absolute atomic E-state index is 0.145. The van der Waals surface area contributed by atoms with Gasteiger partial charge in [0.25, 0.3) is 11.8 Å². The number of amides is 2. The Morgan fingerprint density at radius 3 is 2.75 bits per heavy atom. The third-order valence-electron chi connectivity index (χ3n) is 4.01. The van der Waals surface area contributed by atoms with Crippen LogP contribution in [0, 0.1) is 0 Å². The van der Waals surface area contributed by atoms with Gasteiger partial charge in [-0.25, -0.2) is 0 Å². The lowest BCUT2D eigenvalue weighted by molar-refractivity contribution is -0.155.